The molecule has 2 aliphatic heterocycles. The van der Waals surface area contributed by atoms with Gasteiger partial charge in [-0.15, -0.1) is 0 Å². The van der Waals surface area contributed by atoms with Crippen LogP contribution in [0.15, 0.2) is 54.7 Å². The first kappa shape index (κ1) is 23.0. The van der Waals surface area contributed by atoms with Crippen LogP contribution in [0, 0.1) is 20.8 Å². The predicted molar refractivity (Wildman–Crippen MR) is 139 cm³/mol. The van der Waals surface area contributed by atoms with E-state index in [1.807, 2.05) is 12.3 Å². The molecule has 1 aromatic carbocycles. The molecule has 2 fully saturated rings. The second-order valence-corrected chi connectivity index (χ2v) is 9.61. The highest BCUT2D eigenvalue weighted by Gasteiger charge is 2.41. The van der Waals surface area contributed by atoms with Gasteiger partial charge in [-0.1, -0.05) is 24.3 Å². The van der Waals surface area contributed by atoms with Gasteiger partial charge in [-0.2, -0.15) is 0 Å². The minimum atomic E-state index is 0.00390. The molecule has 3 aromatic rings. The number of pyridine rings is 1. The molecule has 5 rings (SSSR count). The smallest absolute Gasteiger partial charge is 0.170 e. The fourth-order valence-corrected chi connectivity index (χ4v) is 5.66. The van der Waals surface area contributed by atoms with E-state index >= 15 is 0 Å². The number of thiocarbonyl (C=S) groups is 1. The Morgan fingerprint density at radius 3 is 2.53 bits per heavy atom. The summed E-state index contributed by atoms with van der Waals surface area (Å²) in [5.41, 5.74) is 7.29. The van der Waals surface area contributed by atoms with Crippen LogP contribution in [-0.2, 0) is 4.74 Å². The number of nitrogens with zero attached hydrogens (tertiary/aromatic N) is 4. The Balaban J connectivity index is 1.53. The van der Waals surface area contributed by atoms with Crippen molar-refractivity contribution >= 4 is 17.3 Å². The quantitative estimate of drug-likeness (QED) is 0.542. The molecule has 2 atom stereocenters. The molecule has 0 bridgehead atoms. The predicted octanol–water partition coefficient (Wildman–Crippen LogP) is 4.10. The molecular weight excluding hydrogens is 442 g/mol. The van der Waals surface area contributed by atoms with Gasteiger partial charge >= 0.3 is 0 Å². The summed E-state index contributed by atoms with van der Waals surface area (Å²) >= 11 is 5.90. The molecule has 1 N–H and O–H groups in total. The molecule has 0 aliphatic carbocycles. The zero-order valence-corrected chi connectivity index (χ0v) is 21.0. The average Bonchev–Trinajstić information content (AvgIpc) is 3.34. The Bertz CT molecular complexity index is 1160. The van der Waals surface area contributed by atoms with Crippen LogP contribution >= 0.6 is 12.2 Å². The molecule has 2 aromatic heterocycles. The van der Waals surface area contributed by atoms with E-state index in [2.05, 4.69) is 82.9 Å². The van der Waals surface area contributed by atoms with Gasteiger partial charge in [-0.25, -0.2) is 0 Å². The van der Waals surface area contributed by atoms with E-state index < -0.39 is 0 Å². The van der Waals surface area contributed by atoms with E-state index in [1.54, 1.807) is 0 Å². The number of nitrogens with one attached hydrogen (secondary N) is 1. The van der Waals surface area contributed by atoms with Crippen molar-refractivity contribution in [3.8, 4) is 5.69 Å². The van der Waals surface area contributed by atoms with E-state index in [9.17, 15) is 0 Å². The van der Waals surface area contributed by atoms with Gasteiger partial charge in [0, 0.05) is 49.5 Å². The van der Waals surface area contributed by atoms with Gasteiger partial charge in [0.1, 0.15) is 0 Å². The maximum Gasteiger partial charge on any atom is 0.170 e. The summed E-state index contributed by atoms with van der Waals surface area (Å²) in [5.74, 6) is 0. The summed E-state index contributed by atoms with van der Waals surface area (Å²) < 4.78 is 7.91. The first-order valence-electron chi connectivity index (χ1n) is 12.1. The summed E-state index contributed by atoms with van der Waals surface area (Å²) in [5, 5.41) is 4.41. The minimum absolute atomic E-state index is 0.00390. The fourth-order valence-electron chi connectivity index (χ4n) is 5.33. The Morgan fingerprint density at radius 1 is 1.03 bits per heavy atom. The lowest BCUT2D eigenvalue weighted by atomic mass is 9.96. The van der Waals surface area contributed by atoms with Crippen LogP contribution in [0.25, 0.3) is 5.69 Å². The normalized spacial score (nSPS) is 21.1. The van der Waals surface area contributed by atoms with Gasteiger partial charge in [0.25, 0.3) is 0 Å². The lowest BCUT2D eigenvalue weighted by Gasteiger charge is -2.32. The molecule has 178 valence electrons. The van der Waals surface area contributed by atoms with Gasteiger partial charge in [-0.05, 0) is 68.4 Å². The third kappa shape index (κ3) is 4.35. The number of aromatic nitrogens is 2. The number of para-hydroxylation sites is 1. The van der Waals surface area contributed by atoms with Gasteiger partial charge in [-0.3, -0.25) is 9.88 Å². The number of ether oxygens (including phenoxy) is 1. The third-order valence-corrected chi connectivity index (χ3v) is 7.46. The van der Waals surface area contributed by atoms with Crippen molar-refractivity contribution in [2.75, 3.05) is 39.4 Å². The SMILES string of the molecule is Cc1ccccc1-n1c(C)cc(C2C(c3ccccn3)NC(=S)N2CCN2CCOCC2)c1C. The van der Waals surface area contributed by atoms with Crippen molar-refractivity contribution in [3.05, 3.63) is 82.9 Å². The molecular formula is C27H33N5OS. The van der Waals surface area contributed by atoms with Crippen LogP contribution < -0.4 is 5.32 Å². The van der Waals surface area contributed by atoms with E-state index in [0.717, 1.165) is 50.2 Å². The molecule has 34 heavy (non-hydrogen) atoms. The van der Waals surface area contributed by atoms with Crippen LogP contribution in [0.3, 0.4) is 0 Å². The lowest BCUT2D eigenvalue weighted by Crippen LogP contribution is -2.42. The van der Waals surface area contributed by atoms with Crippen LogP contribution in [-0.4, -0.2) is 63.9 Å². The largest absolute Gasteiger partial charge is 0.379 e. The summed E-state index contributed by atoms with van der Waals surface area (Å²) in [4.78, 5) is 9.54. The topological polar surface area (TPSA) is 45.6 Å². The van der Waals surface area contributed by atoms with E-state index in [4.69, 9.17) is 21.9 Å². The second-order valence-electron chi connectivity index (χ2n) is 9.22. The number of aryl methyl sites for hydroxylation is 2. The number of morpholine rings is 1. The van der Waals surface area contributed by atoms with Crippen molar-refractivity contribution in [1.29, 1.82) is 0 Å². The summed E-state index contributed by atoms with van der Waals surface area (Å²) in [6, 6.07) is 17.1. The van der Waals surface area contributed by atoms with Crippen molar-refractivity contribution in [2.45, 2.75) is 32.9 Å². The van der Waals surface area contributed by atoms with Crippen molar-refractivity contribution in [2.24, 2.45) is 0 Å². The molecule has 7 heteroatoms. The van der Waals surface area contributed by atoms with Crippen molar-refractivity contribution in [3.63, 3.8) is 0 Å². The zero-order chi connectivity index (χ0) is 23.7. The molecule has 2 saturated heterocycles. The first-order chi connectivity index (χ1) is 16.5. The highest BCUT2D eigenvalue weighted by molar-refractivity contribution is 7.80. The first-order valence-corrected chi connectivity index (χ1v) is 12.5. The Kier molecular flexibility index (Phi) is 6.68. The van der Waals surface area contributed by atoms with E-state index in [-0.39, 0.29) is 12.1 Å². The second kappa shape index (κ2) is 9.86. The van der Waals surface area contributed by atoms with Crippen molar-refractivity contribution < 1.29 is 4.74 Å². The Morgan fingerprint density at radius 2 is 1.79 bits per heavy atom. The highest BCUT2D eigenvalue weighted by Crippen LogP contribution is 2.41. The standard InChI is InChI=1S/C27H33N5OS/c1-19-8-4-5-10-24(19)32-20(2)18-22(21(32)3)26-25(23-9-6-7-11-28-23)29-27(34)31(26)13-12-30-14-16-33-17-15-30/h4-11,18,25-26H,12-17H2,1-3H3,(H,29,34). The molecule has 0 radical (unpaired) electrons. The van der Waals surface area contributed by atoms with Gasteiger partial charge < -0.3 is 19.5 Å². The monoisotopic (exact) mass is 475 g/mol. The summed E-state index contributed by atoms with van der Waals surface area (Å²) in [7, 11) is 0. The number of benzene rings is 1. The maximum atomic E-state index is 5.90. The van der Waals surface area contributed by atoms with Crippen LogP contribution in [0.2, 0.25) is 0 Å². The van der Waals surface area contributed by atoms with Crippen LogP contribution in [0.5, 0.6) is 0 Å². The number of hydrogen-bond acceptors (Lipinski definition) is 4. The van der Waals surface area contributed by atoms with E-state index in [1.165, 1.54) is 28.2 Å². The van der Waals surface area contributed by atoms with Gasteiger partial charge in [0.15, 0.2) is 5.11 Å². The Hall–Kier alpha value is -2.74. The maximum absolute atomic E-state index is 5.90. The van der Waals surface area contributed by atoms with Crippen LogP contribution in [0.1, 0.15) is 40.3 Å². The lowest BCUT2D eigenvalue weighted by molar-refractivity contribution is 0.0350. The number of rotatable bonds is 6. The van der Waals surface area contributed by atoms with Gasteiger partial charge in [0.05, 0.1) is 31.0 Å². The fraction of sp³-hybridized carbons (Fsp3) is 0.407. The molecule has 0 saturated carbocycles. The molecule has 2 aliphatic rings. The molecule has 4 heterocycles. The minimum Gasteiger partial charge on any atom is -0.379 e. The highest BCUT2D eigenvalue weighted by atomic mass is 32.1. The van der Waals surface area contributed by atoms with Gasteiger partial charge in [0.2, 0.25) is 0 Å². The number of hydrogen-bond donors (Lipinski definition) is 1. The molecule has 0 amide bonds. The summed E-state index contributed by atoms with van der Waals surface area (Å²) in [6.45, 7) is 12.0. The molecule has 0 spiro atoms. The van der Waals surface area contributed by atoms with Crippen LogP contribution in [0.4, 0.5) is 0 Å². The zero-order valence-electron chi connectivity index (χ0n) is 20.2. The van der Waals surface area contributed by atoms with E-state index in [0.29, 0.717) is 0 Å². The molecule has 6 nitrogen and oxygen atoms in total. The van der Waals surface area contributed by atoms with Crippen molar-refractivity contribution in [1.82, 2.24) is 24.7 Å². The molecule has 2 unspecified atom stereocenters. The average molecular weight is 476 g/mol. The Labute approximate surface area is 207 Å². The summed E-state index contributed by atoms with van der Waals surface area (Å²) in [6.07, 6.45) is 1.87. The third-order valence-electron chi connectivity index (χ3n) is 7.10.